The fraction of sp³-hybridized carbons (Fsp3) is 0.571. The van der Waals surface area contributed by atoms with Gasteiger partial charge in [0.05, 0.1) is 10.0 Å². The first-order valence-electron chi connectivity index (χ1n) is 7.14. The summed E-state index contributed by atoms with van der Waals surface area (Å²) in [6, 6.07) is 1.64. The molecule has 0 aromatic carbocycles. The van der Waals surface area contributed by atoms with Gasteiger partial charge in [-0.15, -0.1) is 0 Å². The molecular formula is C14H22Cl2N4O. The standard InChI is InChI=1S/C14H22Cl2N4O/c1-4-17-13-10(15)9-11(16)14(19-13)18-8-7-12(21)20(5-2)6-3/h9H,4-8H2,1-3H3,(H2,17,18,19). The maximum atomic E-state index is 11.9. The van der Waals surface area contributed by atoms with Gasteiger partial charge in [0, 0.05) is 32.6 Å². The van der Waals surface area contributed by atoms with E-state index >= 15 is 0 Å². The molecule has 0 fully saturated rings. The average molecular weight is 333 g/mol. The SMILES string of the molecule is CCNc1nc(NCCC(=O)N(CC)CC)c(Cl)cc1Cl. The molecule has 1 amide bonds. The number of pyridine rings is 1. The Kier molecular flexibility index (Phi) is 7.61. The Hall–Kier alpha value is -1.20. The van der Waals surface area contributed by atoms with Crippen molar-refractivity contribution >= 4 is 40.7 Å². The molecule has 1 rings (SSSR count). The molecule has 7 heteroatoms. The van der Waals surface area contributed by atoms with Crippen molar-refractivity contribution in [3.63, 3.8) is 0 Å². The molecule has 21 heavy (non-hydrogen) atoms. The summed E-state index contributed by atoms with van der Waals surface area (Å²) in [6.45, 7) is 8.54. The van der Waals surface area contributed by atoms with Crippen LogP contribution in [0.4, 0.5) is 11.6 Å². The third kappa shape index (κ3) is 5.25. The summed E-state index contributed by atoms with van der Waals surface area (Å²) in [5.41, 5.74) is 0. The van der Waals surface area contributed by atoms with E-state index in [4.69, 9.17) is 23.2 Å². The van der Waals surface area contributed by atoms with Crippen LogP contribution in [0.2, 0.25) is 10.0 Å². The molecule has 0 saturated heterocycles. The Balaban J connectivity index is 2.63. The molecule has 0 aliphatic carbocycles. The zero-order valence-corrected chi connectivity index (χ0v) is 14.2. The van der Waals surface area contributed by atoms with Gasteiger partial charge in [-0.05, 0) is 26.8 Å². The fourth-order valence-electron chi connectivity index (χ4n) is 1.90. The van der Waals surface area contributed by atoms with Gasteiger partial charge in [0.15, 0.2) is 0 Å². The molecule has 0 aliphatic rings. The van der Waals surface area contributed by atoms with Gasteiger partial charge in [0.1, 0.15) is 11.6 Å². The number of hydrogen-bond acceptors (Lipinski definition) is 4. The molecule has 0 atom stereocenters. The quantitative estimate of drug-likeness (QED) is 0.765. The molecule has 118 valence electrons. The van der Waals surface area contributed by atoms with Gasteiger partial charge in [-0.3, -0.25) is 4.79 Å². The topological polar surface area (TPSA) is 57.3 Å². The molecule has 1 aromatic heterocycles. The number of nitrogens with zero attached hydrogens (tertiary/aromatic N) is 2. The first kappa shape index (κ1) is 17.9. The summed E-state index contributed by atoms with van der Waals surface area (Å²) >= 11 is 12.1. The van der Waals surface area contributed by atoms with Crippen molar-refractivity contribution in [1.82, 2.24) is 9.88 Å². The highest BCUT2D eigenvalue weighted by molar-refractivity contribution is 6.37. The third-order valence-electron chi connectivity index (χ3n) is 3.02. The van der Waals surface area contributed by atoms with E-state index in [-0.39, 0.29) is 5.91 Å². The van der Waals surface area contributed by atoms with E-state index in [0.29, 0.717) is 41.2 Å². The molecule has 0 radical (unpaired) electrons. The maximum absolute atomic E-state index is 11.9. The molecule has 2 N–H and O–H groups in total. The van der Waals surface area contributed by atoms with E-state index in [9.17, 15) is 4.79 Å². The molecular weight excluding hydrogens is 311 g/mol. The van der Waals surface area contributed by atoms with Crippen LogP contribution in [0.5, 0.6) is 0 Å². The largest absolute Gasteiger partial charge is 0.369 e. The van der Waals surface area contributed by atoms with Crippen LogP contribution in [0.15, 0.2) is 6.07 Å². The number of rotatable bonds is 8. The van der Waals surface area contributed by atoms with Crippen molar-refractivity contribution in [1.29, 1.82) is 0 Å². The van der Waals surface area contributed by atoms with Crippen LogP contribution in [-0.4, -0.2) is 42.0 Å². The van der Waals surface area contributed by atoms with Crippen LogP contribution in [-0.2, 0) is 4.79 Å². The zero-order valence-electron chi connectivity index (χ0n) is 12.7. The number of carbonyl (C=O) groups excluding carboxylic acids is 1. The van der Waals surface area contributed by atoms with Crippen LogP contribution in [0.3, 0.4) is 0 Å². The molecule has 1 aromatic rings. The second-order valence-corrected chi connectivity index (χ2v) is 5.24. The molecule has 0 unspecified atom stereocenters. The highest BCUT2D eigenvalue weighted by Gasteiger charge is 2.11. The Morgan fingerprint density at radius 3 is 2.24 bits per heavy atom. The van der Waals surface area contributed by atoms with Crippen molar-refractivity contribution in [3.8, 4) is 0 Å². The number of hydrogen-bond donors (Lipinski definition) is 2. The molecule has 5 nitrogen and oxygen atoms in total. The van der Waals surface area contributed by atoms with Crippen LogP contribution in [0.1, 0.15) is 27.2 Å². The van der Waals surface area contributed by atoms with Crippen LogP contribution >= 0.6 is 23.2 Å². The maximum Gasteiger partial charge on any atom is 0.224 e. The van der Waals surface area contributed by atoms with Crippen LogP contribution < -0.4 is 10.6 Å². The lowest BCUT2D eigenvalue weighted by Crippen LogP contribution is -2.31. The van der Waals surface area contributed by atoms with E-state index in [0.717, 1.165) is 13.1 Å². The minimum atomic E-state index is 0.115. The summed E-state index contributed by atoms with van der Waals surface area (Å²) in [5.74, 6) is 1.23. The predicted octanol–water partition coefficient (Wildman–Crippen LogP) is 3.49. The van der Waals surface area contributed by atoms with Crippen molar-refractivity contribution < 1.29 is 4.79 Å². The molecule has 0 spiro atoms. The second-order valence-electron chi connectivity index (χ2n) is 4.42. The van der Waals surface area contributed by atoms with E-state index in [1.54, 1.807) is 11.0 Å². The first-order valence-corrected chi connectivity index (χ1v) is 7.90. The fourth-order valence-corrected chi connectivity index (χ4v) is 2.40. The zero-order chi connectivity index (χ0) is 15.8. The van der Waals surface area contributed by atoms with E-state index in [1.165, 1.54) is 0 Å². The number of nitrogens with one attached hydrogen (secondary N) is 2. The monoisotopic (exact) mass is 332 g/mol. The van der Waals surface area contributed by atoms with Gasteiger partial charge < -0.3 is 15.5 Å². The van der Waals surface area contributed by atoms with Gasteiger partial charge in [-0.25, -0.2) is 4.98 Å². The van der Waals surface area contributed by atoms with Gasteiger partial charge in [0.2, 0.25) is 5.91 Å². The summed E-state index contributed by atoms with van der Waals surface area (Å²) in [6.07, 6.45) is 0.402. The second kappa shape index (κ2) is 8.95. The van der Waals surface area contributed by atoms with E-state index in [1.807, 2.05) is 20.8 Å². The molecule has 1 heterocycles. The smallest absolute Gasteiger partial charge is 0.224 e. The van der Waals surface area contributed by atoms with Gasteiger partial charge in [-0.1, -0.05) is 23.2 Å². The van der Waals surface area contributed by atoms with Gasteiger partial charge in [-0.2, -0.15) is 0 Å². The van der Waals surface area contributed by atoms with Crippen molar-refractivity contribution in [2.24, 2.45) is 0 Å². The summed E-state index contributed by atoms with van der Waals surface area (Å²) in [4.78, 5) is 18.0. The van der Waals surface area contributed by atoms with Crippen LogP contribution in [0, 0.1) is 0 Å². The number of anilines is 2. The van der Waals surface area contributed by atoms with E-state index in [2.05, 4.69) is 15.6 Å². The van der Waals surface area contributed by atoms with E-state index < -0.39 is 0 Å². The van der Waals surface area contributed by atoms with Gasteiger partial charge >= 0.3 is 0 Å². The molecule has 0 saturated carbocycles. The number of amides is 1. The summed E-state index contributed by atoms with van der Waals surface area (Å²) in [5, 5.41) is 7.07. The number of carbonyl (C=O) groups is 1. The lowest BCUT2D eigenvalue weighted by Gasteiger charge is -2.19. The number of aromatic nitrogens is 1. The highest BCUT2D eigenvalue weighted by Crippen LogP contribution is 2.29. The lowest BCUT2D eigenvalue weighted by atomic mass is 10.3. The third-order valence-corrected chi connectivity index (χ3v) is 3.60. The number of halogens is 2. The minimum absolute atomic E-state index is 0.115. The highest BCUT2D eigenvalue weighted by atomic mass is 35.5. The first-order chi connectivity index (χ1) is 10.0. The minimum Gasteiger partial charge on any atom is -0.369 e. The lowest BCUT2D eigenvalue weighted by molar-refractivity contribution is -0.130. The average Bonchev–Trinajstić information content (AvgIpc) is 2.45. The Morgan fingerprint density at radius 1 is 1.14 bits per heavy atom. The van der Waals surface area contributed by atoms with Crippen molar-refractivity contribution in [2.75, 3.05) is 36.8 Å². The Labute approximate surface area is 136 Å². The van der Waals surface area contributed by atoms with Crippen LogP contribution in [0.25, 0.3) is 0 Å². The molecule has 0 bridgehead atoms. The summed E-state index contributed by atoms with van der Waals surface area (Å²) in [7, 11) is 0. The predicted molar refractivity (Wildman–Crippen MR) is 89.5 cm³/mol. The van der Waals surface area contributed by atoms with Gasteiger partial charge in [0.25, 0.3) is 0 Å². The summed E-state index contributed by atoms with van der Waals surface area (Å²) < 4.78 is 0. The van der Waals surface area contributed by atoms with Crippen molar-refractivity contribution in [2.45, 2.75) is 27.2 Å². The normalized spacial score (nSPS) is 10.3. The Morgan fingerprint density at radius 2 is 1.71 bits per heavy atom. The molecule has 0 aliphatic heterocycles. The van der Waals surface area contributed by atoms with Crippen molar-refractivity contribution in [3.05, 3.63) is 16.1 Å². The Bertz CT molecular complexity index is 478.